The van der Waals surface area contributed by atoms with Crippen molar-refractivity contribution in [1.82, 2.24) is 14.7 Å². The fourth-order valence-electron chi connectivity index (χ4n) is 7.47. The maximum atomic E-state index is 13.9. The minimum atomic E-state index is -4.29. The Labute approximate surface area is 258 Å². The fraction of sp³-hybridized carbons (Fsp3) is 0.618. The van der Waals surface area contributed by atoms with Gasteiger partial charge in [0.2, 0.25) is 0 Å². The number of anilines is 1. The molecule has 44 heavy (non-hydrogen) atoms. The topological polar surface area (TPSA) is 67.7 Å². The summed E-state index contributed by atoms with van der Waals surface area (Å²) in [6.07, 6.45) is 5.03. The zero-order chi connectivity index (χ0) is 31.8. The SMILES string of the molecule is CCc1c(C(=O)CCC2=C(C)C=C(C)CC2=O)cc2c(cnn2C)c1N(CC)C1CCC(N2CC(OCC(F)(F)F)C2)CC1. The molecule has 240 valence electrons. The van der Waals surface area contributed by atoms with Crippen LogP contribution in [0, 0.1) is 0 Å². The van der Waals surface area contributed by atoms with Crippen molar-refractivity contribution in [1.29, 1.82) is 0 Å². The highest BCUT2D eigenvalue weighted by Gasteiger charge is 2.39. The highest BCUT2D eigenvalue weighted by molar-refractivity contribution is 6.07. The van der Waals surface area contributed by atoms with Gasteiger partial charge in [0.1, 0.15) is 6.61 Å². The van der Waals surface area contributed by atoms with Crippen molar-refractivity contribution < 1.29 is 27.5 Å². The second-order valence-corrected chi connectivity index (χ2v) is 12.7. The number of fused-ring (bicyclic) bond motifs is 1. The number of alkyl halides is 3. The van der Waals surface area contributed by atoms with E-state index in [0.717, 1.165) is 71.1 Å². The molecule has 1 saturated carbocycles. The molecule has 0 atom stereocenters. The molecule has 0 radical (unpaired) electrons. The van der Waals surface area contributed by atoms with Gasteiger partial charge in [-0.1, -0.05) is 18.6 Å². The molecule has 0 amide bonds. The summed E-state index contributed by atoms with van der Waals surface area (Å²) in [7, 11) is 1.90. The van der Waals surface area contributed by atoms with Crippen LogP contribution < -0.4 is 4.90 Å². The second kappa shape index (κ2) is 13.2. The van der Waals surface area contributed by atoms with Gasteiger partial charge >= 0.3 is 6.18 Å². The van der Waals surface area contributed by atoms with E-state index in [2.05, 4.69) is 28.7 Å². The summed E-state index contributed by atoms with van der Waals surface area (Å²) in [5.41, 5.74) is 6.52. The summed E-state index contributed by atoms with van der Waals surface area (Å²) in [5.74, 6) is 0.162. The summed E-state index contributed by atoms with van der Waals surface area (Å²) >= 11 is 0. The number of Topliss-reactive ketones (excluding diaryl/α,β-unsaturated/α-hetero) is 2. The maximum absolute atomic E-state index is 13.9. The molecule has 3 aliphatic rings. The van der Waals surface area contributed by atoms with Gasteiger partial charge in [-0.2, -0.15) is 18.3 Å². The summed E-state index contributed by atoms with van der Waals surface area (Å²) in [6.45, 7) is 8.88. The molecule has 1 aromatic carbocycles. The Morgan fingerprint density at radius 3 is 2.45 bits per heavy atom. The quantitative estimate of drug-likeness (QED) is 0.262. The summed E-state index contributed by atoms with van der Waals surface area (Å²) in [4.78, 5) is 31.3. The van der Waals surface area contributed by atoms with Crippen LogP contribution in [0.5, 0.6) is 0 Å². The van der Waals surface area contributed by atoms with Crippen LogP contribution in [0.1, 0.15) is 88.6 Å². The van der Waals surface area contributed by atoms with Gasteiger partial charge in [-0.25, -0.2) is 0 Å². The van der Waals surface area contributed by atoms with Crippen molar-refractivity contribution in [2.24, 2.45) is 7.05 Å². The van der Waals surface area contributed by atoms with Gasteiger partial charge in [0.15, 0.2) is 11.6 Å². The molecule has 0 N–H and O–H groups in total. The number of carbonyl (C=O) groups excluding carboxylic acids is 2. The number of nitrogens with zero attached hydrogens (tertiary/aromatic N) is 4. The number of hydrogen-bond acceptors (Lipinski definition) is 6. The van der Waals surface area contributed by atoms with Gasteiger partial charge in [-0.05, 0) is 82.1 Å². The largest absolute Gasteiger partial charge is 0.411 e. The highest BCUT2D eigenvalue weighted by Crippen LogP contribution is 2.39. The zero-order valence-corrected chi connectivity index (χ0v) is 26.6. The van der Waals surface area contributed by atoms with Crippen molar-refractivity contribution in [2.45, 2.75) is 103 Å². The molecular formula is C34H45F3N4O3. The minimum absolute atomic E-state index is 0.0467. The van der Waals surface area contributed by atoms with Gasteiger partial charge in [0, 0.05) is 62.6 Å². The zero-order valence-electron chi connectivity index (χ0n) is 26.6. The Morgan fingerprint density at radius 1 is 1.14 bits per heavy atom. The average Bonchev–Trinajstić information content (AvgIpc) is 3.31. The standard InChI is InChI=1S/C34H45F3N4O3/c1-6-26-28(31(42)13-12-27-22(4)14-21(3)15-32(27)43)16-30-29(17-38-39(30)5)33(26)41(7-2)24-10-8-23(9-11-24)40-18-25(19-40)44-20-34(35,36)37/h14,16-17,23-25H,6-13,15,18-20H2,1-5H3. The molecule has 0 bridgehead atoms. The number of aryl methyl sites for hydroxylation is 1. The van der Waals surface area contributed by atoms with Crippen LogP contribution in [0.15, 0.2) is 35.1 Å². The van der Waals surface area contributed by atoms with Crippen molar-refractivity contribution in [2.75, 3.05) is 31.1 Å². The molecule has 1 saturated heterocycles. The van der Waals surface area contributed by atoms with Gasteiger partial charge < -0.3 is 9.64 Å². The van der Waals surface area contributed by atoms with Crippen LogP contribution >= 0.6 is 0 Å². The Bertz CT molecular complexity index is 1460. The van der Waals surface area contributed by atoms with E-state index in [1.807, 2.05) is 43.9 Å². The van der Waals surface area contributed by atoms with Crippen LogP contribution in [0.3, 0.4) is 0 Å². The minimum Gasteiger partial charge on any atom is -0.368 e. The van der Waals surface area contributed by atoms with Crippen molar-refractivity contribution in [3.63, 3.8) is 0 Å². The van der Waals surface area contributed by atoms with Gasteiger partial charge in [0.05, 0.1) is 23.5 Å². The van der Waals surface area contributed by atoms with Crippen molar-refractivity contribution in [3.05, 3.63) is 46.2 Å². The first kappa shape index (κ1) is 32.4. The van der Waals surface area contributed by atoms with E-state index in [9.17, 15) is 22.8 Å². The molecule has 1 aromatic heterocycles. The molecular weight excluding hydrogens is 569 g/mol. The number of halogens is 3. The summed E-state index contributed by atoms with van der Waals surface area (Å²) < 4.78 is 44.4. The van der Waals surface area contributed by atoms with E-state index < -0.39 is 12.8 Å². The second-order valence-electron chi connectivity index (χ2n) is 12.7. The van der Waals surface area contributed by atoms with Gasteiger partial charge in [0.25, 0.3) is 0 Å². The van der Waals surface area contributed by atoms with E-state index in [4.69, 9.17) is 4.74 Å². The third kappa shape index (κ3) is 6.81. The number of ketones is 2. The van der Waals surface area contributed by atoms with E-state index in [0.29, 0.717) is 44.0 Å². The molecule has 7 nitrogen and oxygen atoms in total. The smallest absolute Gasteiger partial charge is 0.368 e. The molecule has 0 spiro atoms. The number of likely N-dealkylation sites (tertiary alicyclic amines) is 1. The summed E-state index contributed by atoms with van der Waals surface area (Å²) in [6, 6.07) is 2.62. The number of benzene rings is 1. The summed E-state index contributed by atoms with van der Waals surface area (Å²) in [5, 5.41) is 5.60. The molecule has 0 unspecified atom stereocenters. The Hall–Kier alpha value is -2.98. The number of allylic oxidation sites excluding steroid dienone is 4. The van der Waals surface area contributed by atoms with Crippen molar-refractivity contribution >= 4 is 28.2 Å². The van der Waals surface area contributed by atoms with Gasteiger partial charge in [-0.3, -0.25) is 19.2 Å². The monoisotopic (exact) mass is 614 g/mol. The van der Waals surface area contributed by atoms with Crippen LogP contribution in [0.4, 0.5) is 18.9 Å². The van der Waals surface area contributed by atoms with Crippen LogP contribution in [-0.2, 0) is 23.0 Å². The molecule has 5 rings (SSSR count). The molecule has 2 heterocycles. The lowest BCUT2D eigenvalue weighted by Gasteiger charge is -2.48. The normalized spacial score (nSPS) is 22.0. The average molecular weight is 615 g/mol. The van der Waals surface area contributed by atoms with E-state index in [1.165, 1.54) is 0 Å². The molecule has 2 aliphatic carbocycles. The third-order valence-electron chi connectivity index (χ3n) is 9.71. The first-order chi connectivity index (χ1) is 20.9. The Morgan fingerprint density at radius 2 is 1.84 bits per heavy atom. The third-order valence-corrected chi connectivity index (χ3v) is 9.71. The predicted molar refractivity (Wildman–Crippen MR) is 166 cm³/mol. The molecule has 2 fully saturated rings. The lowest BCUT2D eigenvalue weighted by atomic mass is 9.85. The fourth-order valence-corrected chi connectivity index (χ4v) is 7.47. The van der Waals surface area contributed by atoms with Crippen molar-refractivity contribution in [3.8, 4) is 0 Å². The van der Waals surface area contributed by atoms with E-state index >= 15 is 0 Å². The Kier molecular flexibility index (Phi) is 9.70. The number of rotatable bonds is 11. The van der Waals surface area contributed by atoms with E-state index in [1.54, 1.807) is 0 Å². The highest BCUT2D eigenvalue weighted by atomic mass is 19.4. The number of aromatic nitrogens is 2. The molecule has 2 aromatic rings. The first-order valence-corrected chi connectivity index (χ1v) is 16.0. The predicted octanol–water partition coefficient (Wildman–Crippen LogP) is 6.73. The molecule has 1 aliphatic heterocycles. The molecule has 10 heteroatoms. The first-order valence-electron chi connectivity index (χ1n) is 16.0. The number of hydrogen-bond donors (Lipinski definition) is 0. The number of ether oxygens (including phenoxy) is 1. The lowest BCUT2D eigenvalue weighted by molar-refractivity contribution is -0.202. The lowest BCUT2D eigenvalue weighted by Crippen LogP contribution is -2.58. The maximum Gasteiger partial charge on any atom is 0.411 e. The van der Waals surface area contributed by atoms with Crippen LogP contribution in [0.2, 0.25) is 0 Å². The Balaban J connectivity index is 1.33. The van der Waals surface area contributed by atoms with Crippen LogP contribution in [0.25, 0.3) is 10.9 Å². The van der Waals surface area contributed by atoms with Gasteiger partial charge in [-0.15, -0.1) is 0 Å². The number of carbonyl (C=O) groups is 2. The van der Waals surface area contributed by atoms with E-state index in [-0.39, 0.29) is 30.1 Å². The van der Waals surface area contributed by atoms with Crippen LogP contribution in [-0.4, -0.2) is 76.9 Å².